The molecular weight excluding hydrogens is 444 g/mol. The molecule has 178 valence electrons. The average molecular weight is 472 g/mol. The Morgan fingerprint density at radius 1 is 1.20 bits per heavy atom. The highest BCUT2D eigenvalue weighted by Gasteiger charge is 2.26. The lowest BCUT2D eigenvalue weighted by Crippen LogP contribution is -2.72. The van der Waals surface area contributed by atoms with Gasteiger partial charge in [-0.3, -0.25) is 10.1 Å². The van der Waals surface area contributed by atoms with Crippen molar-refractivity contribution in [3.05, 3.63) is 66.0 Å². The number of carbonyl (C=O) groups is 2. The van der Waals surface area contributed by atoms with Crippen LogP contribution in [0.3, 0.4) is 0 Å². The van der Waals surface area contributed by atoms with Crippen LogP contribution in [0.25, 0.3) is 11.1 Å². The molecule has 9 heteroatoms. The molecule has 0 radical (unpaired) electrons. The van der Waals surface area contributed by atoms with Crippen LogP contribution in [0.5, 0.6) is 0 Å². The van der Waals surface area contributed by atoms with E-state index in [1.54, 1.807) is 18.4 Å². The SMILES string of the molecule is CCOC(=O)c1cc(-c2ccc(N3CCC(C#N)CC3)nc2)c(C(N)=O)c([NH2+]c2ccccc2)n1. The molecule has 9 nitrogen and oxygen atoms in total. The lowest BCUT2D eigenvalue weighted by atomic mass is 9.98. The summed E-state index contributed by atoms with van der Waals surface area (Å²) in [5.74, 6) is -0.0837. The number of para-hydroxylation sites is 1. The zero-order valence-corrected chi connectivity index (χ0v) is 19.5. The van der Waals surface area contributed by atoms with Gasteiger partial charge in [0.25, 0.3) is 5.91 Å². The minimum atomic E-state index is -0.659. The van der Waals surface area contributed by atoms with Gasteiger partial charge in [0.15, 0.2) is 5.69 Å². The number of anilines is 1. The lowest BCUT2D eigenvalue weighted by molar-refractivity contribution is -0.483. The van der Waals surface area contributed by atoms with Crippen LogP contribution in [0.15, 0.2) is 54.7 Å². The van der Waals surface area contributed by atoms with Crippen molar-refractivity contribution in [1.82, 2.24) is 9.97 Å². The summed E-state index contributed by atoms with van der Waals surface area (Å²) in [6, 6.07) is 16.9. The van der Waals surface area contributed by atoms with Crippen LogP contribution in [0, 0.1) is 17.2 Å². The Kier molecular flexibility index (Phi) is 7.33. The van der Waals surface area contributed by atoms with Gasteiger partial charge in [-0.25, -0.2) is 9.78 Å². The number of benzene rings is 1. The quantitative estimate of drug-likeness (QED) is 0.399. The Labute approximate surface area is 203 Å². The molecule has 1 amide bonds. The maximum atomic E-state index is 12.6. The Morgan fingerprint density at radius 3 is 2.54 bits per heavy atom. The van der Waals surface area contributed by atoms with E-state index < -0.39 is 11.9 Å². The molecule has 1 aromatic carbocycles. The molecule has 4 rings (SSSR count). The van der Waals surface area contributed by atoms with E-state index in [1.165, 1.54) is 6.07 Å². The second-order valence-corrected chi connectivity index (χ2v) is 8.25. The molecule has 0 saturated carbocycles. The Bertz CT molecular complexity index is 1250. The van der Waals surface area contributed by atoms with Crippen molar-refractivity contribution >= 4 is 29.2 Å². The third-order valence-electron chi connectivity index (χ3n) is 5.94. The van der Waals surface area contributed by atoms with Gasteiger partial charge in [0.2, 0.25) is 5.82 Å². The van der Waals surface area contributed by atoms with Gasteiger partial charge < -0.3 is 15.4 Å². The van der Waals surface area contributed by atoms with Crippen molar-refractivity contribution in [2.45, 2.75) is 19.8 Å². The number of hydrogen-bond acceptors (Lipinski definition) is 7. The van der Waals surface area contributed by atoms with E-state index in [-0.39, 0.29) is 29.6 Å². The van der Waals surface area contributed by atoms with Crippen LogP contribution in [0.1, 0.15) is 40.6 Å². The normalized spacial score (nSPS) is 13.8. The maximum absolute atomic E-state index is 12.6. The van der Waals surface area contributed by atoms with Gasteiger partial charge in [0.1, 0.15) is 17.1 Å². The van der Waals surface area contributed by atoms with Gasteiger partial charge in [-0.15, -0.1) is 0 Å². The summed E-state index contributed by atoms with van der Waals surface area (Å²) in [5, 5.41) is 10.8. The molecule has 0 unspecified atom stereocenters. The molecular formula is C26H27N6O3+. The zero-order valence-electron chi connectivity index (χ0n) is 19.5. The molecule has 1 saturated heterocycles. The molecule has 1 fully saturated rings. The number of hydrogen-bond donors (Lipinski definition) is 2. The monoisotopic (exact) mass is 471 g/mol. The molecule has 1 aliphatic rings. The van der Waals surface area contributed by atoms with Crippen LogP contribution in [-0.2, 0) is 4.74 Å². The second-order valence-electron chi connectivity index (χ2n) is 8.25. The number of nitrogens with zero attached hydrogens (tertiary/aromatic N) is 4. The van der Waals surface area contributed by atoms with Gasteiger partial charge in [-0.2, -0.15) is 10.2 Å². The number of aromatic nitrogens is 2. The van der Waals surface area contributed by atoms with Crippen LogP contribution >= 0.6 is 0 Å². The summed E-state index contributed by atoms with van der Waals surface area (Å²) in [4.78, 5) is 36.3. The first-order valence-electron chi connectivity index (χ1n) is 11.5. The van der Waals surface area contributed by atoms with Crippen molar-refractivity contribution in [2.75, 3.05) is 24.6 Å². The first-order valence-corrected chi connectivity index (χ1v) is 11.5. The predicted octanol–water partition coefficient (Wildman–Crippen LogP) is 2.69. The molecule has 0 aliphatic carbocycles. The van der Waals surface area contributed by atoms with Crippen LogP contribution in [-0.4, -0.2) is 41.5 Å². The first kappa shape index (κ1) is 23.9. The lowest BCUT2D eigenvalue weighted by Gasteiger charge is -2.30. The van der Waals surface area contributed by atoms with Crippen molar-refractivity contribution in [3.63, 3.8) is 0 Å². The zero-order chi connectivity index (χ0) is 24.8. The third-order valence-corrected chi connectivity index (χ3v) is 5.94. The first-order chi connectivity index (χ1) is 17.0. The number of carbonyl (C=O) groups excluding carboxylic acids is 2. The van der Waals surface area contributed by atoms with Gasteiger partial charge in [-0.1, -0.05) is 18.2 Å². The molecule has 0 bridgehead atoms. The maximum Gasteiger partial charge on any atom is 0.357 e. The number of ether oxygens (including phenoxy) is 1. The van der Waals surface area contributed by atoms with Crippen molar-refractivity contribution in [3.8, 4) is 17.2 Å². The summed E-state index contributed by atoms with van der Waals surface area (Å²) in [7, 11) is 0. The highest BCUT2D eigenvalue weighted by atomic mass is 16.5. The standard InChI is InChI=1S/C26H26N6O3/c1-2-35-26(34)21-14-20(23(24(28)33)25(31-21)30-19-6-4-3-5-7-19)18-8-9-22(29-16-18)32-12-10-17(15-27)11-13-32/h3-9,14,16-17H,2,10-13H2,1H3,(H2,28,33)(H,30,31)/p+1. The van der Waals surface area contributed by atoms with Gasteiger partial charge in [0, 0.05) is 36.3 Å². The smallest absolute Gasteiger partial charge is 0.357 e. The number of quaternary nitrogens is 1. The highest BCUT2D eigenvalue weighted by Crippen LogP contribution is 2.30. The van der Waals surface area contributed by atoms with Crippen molar-refractivity contribution in [1.29, 1.82) is 5.26 Å². The topological polar surface area (TPSA) is 139 Å². The predicted molar refractivity (Wildman–Crippen MR) is 130 cm³/mol. The summed E-state index contributed by atoms with van der Waals surface area (Å²) in [6.07, 6.45) is 3.27. The molecule has 0 atom stereocenters. The minimum Gasteiger partial charge on any atom is -0.461 e. The number of nitrogens with two attached hydrogens (primary N) is 2. The van der Waals surface area contributed by atoms with Crippen LogP contribution < -0.4 is 16.0 Å². The fourth-order valence-corrected chi connectivity index (χ4v) is 4.14. The van der Waals surface area contributed by atoms with Crippen LogP contribution in [0.2, 0.25) is 0 Å². The van der Waals surface area contributed by atoms with Crippen molar-refractivity contribution < 1.29 is 19.6 Å². The molecule has 35 heavy (non-hydrogen) atoms. The molecule has 4 N–H and O–H groups in total. The summed E-state index contributed by atoms with van der Waals surface area (Å²) in [6.45, 7) is 3.44. The number of pyridine rings is 2. The van der Waals surface area contributed by atoms with E-state index >= 15 is 0 Å². The fourth-order valence-electron chi connectivity index (χ4n) is 4.14. The Balaban J connectivity index is 1.74. The summed E-state index contributed by atoms with van der Waals surface area (Å²) < 4.78 is 5.16. The Hall–Kier alpha value is -4.29. The molecule has 3 heterocycles. The number of esters is 1. The number of rotatable bonds is 7. The number of piperidine rings is 1. The average Bonchev–Trinajstić information content (AvgIpc) is 2.89. The van der Waals surface area contributed by atoms with Crippen LogP contribution in [0.4, 0.5) is 17.3 Å². The number of nitriles is 1. The van der Waals surface area contributed by atoms with Gasteiger partial charge in [0.05, 0.1) is 12.7 Å². The van der Waals surface area contributed by atoms with E-state index in [9.17, 15) is 9.59 Å². The molecule has 2 aromatic heterocycles. The summed E-state index contributed by atoms with van der Waals surface area (Å²) >= 11 is 0. The van der Waals surface area contributed by atoms with Gasteiger partial charge >= 0.3 is 5.97 Å². The van der Waals surface area contributed by atoms with Crippen molar-refractivity contribution in [2.24, 2.45) is 11.7 Å². The number of primary amides is 1. The second kappa shape index (κ2) is 10.8. The van der Waals surface area contributed by atoms with E-state index in [2.05, 4.69) is 20.9 Å². The summed E-state index contributed by atoms with van der Waals surface area (Å²) in [5.41, 5.74) is 7.97. The van der Waals surface area contributed by atoms with E-state index in [1.807, 2.05) is 42.5 Å². The van der Waals surface area contributed by atoms with E-state index in [4.69, 9.17) is 15.7 Å². The Morgan fingerprint density at radius 2 is 1.94 bits per heavy atom. The highest BCUT2D eigenvalue weighted by molar-refractivity contribution is 6.04. The largest absolute Gasteiger partial charge is 0.461 e. The van der Waals surface area contributed by atoms with E-state index in [0.717, 1.165) is 37.4 Å². The third kappa shape index (κ3) is 5.45. The minimum absolute atomic E-state index is 0.0803. The molecule has 0 spiro atoms. The number of amides is 1. The molecule has 3 aromatic rings. The fraction of sp³-hybridized carbons (Fsp3) is 0.269. The molecule has 1 aliphatic heterocycles. The van der Waals surface area contributed by atoms with Gasteiger partial charge in [-0.05, 0) is 50.1 Å². The van der Waals surface area contributed by atoms with E-state index in [0.29, 0.717) is 11.1 Å².